The summed E-state index contributed by atoms with van der Waals surface area (Å²) in [5, 5.41) is -4.06. The molecular formula is C5H10F2O4S. The maximum absolute atomic E-state index is 12.4. The first-order chi connectivity index (χ1) is 5.31. The standard InChI is InChI=1S/C5H10F2O4S/c1-11-4-2-3-5(6,7)12(8,9)10/h2-4H2,1H3,(H,8,9,10). The summed E-state index contributed by atoms with van der Waals surface area (Å²) in [6.07, 6.45) is -1.05. The molecule has 0 amide bonds. The monoisotopic (exact) mass is 204 g/mol. The highest BCUT2D eigenvalue weighted by Crippen LogP contribution is 2.25. The first kappa shape index (κ1) is 11.7. The van der Waals surface area contributed by atoms with E-state index < -0.39 is 21.8 Å². The molecule has 0 aromatic rings. The van der Waals surface area contributed by atoms with Crippen LogP contribution in [0, 0.1) is 0 Å². The number of alkyl halides is 2. The molecule has 0 atom stereocenters. The summed E-state index contributed by atoms with van der Waals surface area (Å²) in [7, 11) is -3.96. The lowest BCUT2D eigenvalue weighted by molar-refractivity contribution is 0.0591. The Balaban J connectivity index is 4.06. The number of hydrogen-bond acceptors (Lipinski definition) is 3. The van der Waals surface area contributed by atoms with Crippen LogP contribution in [0.3, 0.4) is 0 Å². The van der Waals surface area contributed by atoms with E-state index in [1.165, 1.54) is 7.11 Å². The third-order valence-corrected chi connectivity index (χ3v) is 2.15. The van der Waals surface area contributed by atoms with Gasteiger partial charge in [-0.25, -0.2) is 0 Å². The molecule has 0 aliphatic rings. The number of methoxy groups -OCH3 is 1. The molecule has 0 spiro atoms. The van der Waals surface area contributed by atoms with Crippen LogP contribution >= 0.6 is 0 Å². The second-order valence-electron chi connectivity index (χ2n) is 2.21. The van der Waals surface area contributed by atoms with Gasteiger partial charge < -0.3 is 4.74 Å². The Bertz CT molecular complexity index is 224. The van der Waals surface area contributed by atoms with Crippen LogP contribution in [0.15, 0.2) is 0 Å². The number of halogens is 2. The molecule has 0 fully saturated rings. The Morgan fingerprint density at radius 2 is 2.00 bits per heavy atom. The molecule has 0 aliphatic carbocycles. The molecule has 0 aromatic heterocycles. The first-order valence-corrected chi connectivity index (χ1v) is 4.59. The van der Waals surface area contributed by atoms with Crippen molar-refractivity contribution >= 4 is 10.1 Å². The molecule has 0 bridgehead atoms. The Morgan fingerprint density at radius 3 is 2.33 bits per heavy atom. The molecule has 1 N–H and O–H groups in total. The minimum absolute atomic E-state index is 0.0328. The molecule has 0 saturated carbocycles. The molecular weight excluding hydrogens is 194 g/mol. The van der Waals surface area contributed by atoms with Gasteiger partial charge in [-0.1, -0.05) is 0 Å². The normalized spacial score (nSPS) is 13.3. The summed E-state index contributed by atoms with van der Waals surface area (Å²) in [6.45, 7) is 0.0328. The highest BCUT2D eigenvalue weighted by Gasteiger charge is 2.42. The third-order valence-electron chi connectivity index (χ3n) is 1.19. The van der Waals surface area contributed by atoms with Gasteiger partial charge in [-0.2, -0.15) is 17.2 Å². The summed E-state index contributed by atoms with van der Waals surface area (Å²) < 4.78 is 57.2. The van der Waals surface area contributed by atoms with Crippen LogP contribution in [0.1, 0.15) is 12.8 Å². The minimum atomic E-state index is -5.27. The SMILES string of the molecule is COCCCC(F)(F)S(=O)(=O)O. The van der Waals surface area contributed by atoms with Crippen LogP contribution in [0.5, 0.6) is 0 Å². The largest absolute Gasteiger partial charge is 0.385 e. The zero-order valence-corrected chi connectivity index (χ0v) is 7.27. The van der Waals surface area contributed by atoms with Crippen molar-refractivity contribution in [1.82, 2.24) is 0 Å². The van der Waals surface area contributed by atoms with Crippen molar-refractivity contribution in [3.8, 4) is 0 Å². The van der Waals surface area contributed by atoms with Gasteiger partial charge in [0.25, 0.3) is 0 Å². The van der Waals surface area contributed by atoms with Crippen LogP contribution < -0.4 is 0 Å². The molecule has 0 rings (SSSR count). The van der Waals surface area contributed by atoms with Crippen molar-refractivity contribution in [2.75, 3.05) is 13.7 Å². The Kier molecular flexibility index (Phi) is 4.01. The summed E-state index contributed by atoms with van der Waals surface area (Å²) in [6, 6.07) is 0. The molecule has 4 nitrogen and oxygen atoms in total. The predicted molar refractivity (Wildman–Crippen MR) is 37.6 cm³/mol. The van der Waals surface area contributed by atoms with Crippen LogP contribution in [0.25, 0.3) is 0 Å². The lowest BCUT2D eigenvalue weighted by atomic mass is 10.3. The van der Waals surface area contributed by atoms with Crippen LogP contribution in [0.2, 0.25) is 0 Å². The summed E-state index contributed by atoms with van der Waals surface area (Å²) in [4.78, 5) is 0. The lowest BCUT2D eigenvalue weighted by Gasteiger charge is -2.11. The highest BCUT2D eigenvalue weighted by atomic mass is 32.2. The van der Waals surface area contributed by atoms with Gasteiger partial charge in [0.1, 0.15) is 0 Å². The number of rotatable bonds is 5. The van der Waals surface area contributed by atoms with Crippen molar-refractivity contribution in [1.29, 1.82) is 0 Å². The van der Waals surface area contributed by atoms with Gasteiger partial charge in [0, 0.05) is 20.1 Å². The summed E-state index contributed by atoms with van der Waals surface area (Å²) in [5.41, 5.74) is 0. The van der Waals surface area contributed by atoms with Gasteiger partial charge in [0.05, 0.1) is 0 Å². The van der Waals surface area contributed by atoms with Gasteiger partial charge in [-0.3, -0.25) is 4.55 Å². The second-order valence-corrected chi connectivity index (χ2v) is 3.76. The average Bonchev–Trinajstić information content (AvgIpc) is 1.85. The number of hydrogen-bond donors (Lipinski definition) is 1. The van der Waals surface area contributed by atoms with Crippen molar-refractivity contribution < 1.29 is 26.5 Å². The third kappa shape index (κ3) is 3.42. The fourth-order valence-corrected chi connectivity index (χ4v) is 0.954. The van der Waals surface area contributed by atoms with Gasteiger partial charge >= 0.3 is 15.4 Å². The Morgan fingerprint density at radius 1 is 1.50 bits per heavy atom. The van der Waals surface area contributed by atoms with E-state index in [2.05, 4.69) is 4.74 Å². The van der Waals surface area contributed by atoms with E-state index in [0.717, 1.165) is 0 Å². The van der Waals surface area contributed by atoms with E-state index >= 15 is 0 Å². The van der Waals surface area contributed by atoms with Crippen LogP contribution in [-0.2, 0) is 14.9 Å². The van der Waals surface area contributed by atoms with Gasteiger partial charge in [-0.15, -0.1) is 0 Å². The quantitative estimate of drug-likeness (QED) is 0.533. The zero-order chi connectivity index (χ0) is 9.83. The van der Waals surface area contributed by atoms with Crippen molar-refractivity contribution in [3.05, 3.63) is 0 Å². The fourth-order valence-electron chi connectivity index (χ4n) is 0.551. The Hall–Kier alpha value is -0.270. The van der Waals surface area contributed by atoms with Crippen molar-refractivity contribution in [3.63, 3.8) is 0 Å². The smallest absolute Gasteiger partial charge is 0.370 e. The van der Waals surface area contributed by atoms with Crippen LogP contribution in [-0.4, -0.2) is 31.9 Å². The topological polar surface area (TPSA) is 63.6 Å². The number of ether oxygens (including phenoxy) is 1. The molecule has 7 heteroatoms. The van der Waals surface area contributed by atoms with Crippen molar-refractivity contribution in [2.24, 2.45) is 0 Å². The highest BCUT2D eigenvalue weighted by molar-refractivity contribution is 7.86. The van der Waals surface area contributed by atoms with E-state index in [1.807, 2.05) is 0 Å². The van der Waals surface area contributed by atoms with Crippen molar-refractivity contribution in [2.45, 2.75) is 18.1 Å². The fraction of sp³-hybridized carbons (Fsp3) is 1.00. The maximum atomic E-state index is 12.4. The summed E-state index contributed by atoms with van der Waals surface area (Å²) in [5.74, 6) is 0. The molecule has 0 heterocycles. The van der Waals surface area contributed by atoms with Gasteiger partial charge in [-0.05, 0) is 6.42 Å². The van der Waals surface area contributed by atoms with E-state index in [9.17, 15) is 17.2 Å². The lowest BCUT2D eigenvalue weighted by Crippen LogP contribution is -2.28. The zero-order valence-electron chi connectivity index (χ0n) is 6.46. The van der Waals surface area contributed by atoms with E-state index in [-0.39, 0.29) is 13.0 Å². The van der Waals surface area contributed by atoms with E-state index in [0.29, 0.717) is 0 Å². The van der Waals surface area contributed by atoms with Gasteiger partial charge in [0.15, 0.2) is 0 Å². The molecule has 0 saturated heterocycles. The maximum Gasteiger partial charge on any atom is 0.370 e. The molecule has 12 heavy (non-hydrogen) atoms. The summed E-state index contributed by atoms with van der Waals surface area (Å²) >= 11 is 0. The van der Waals surface area contributed by atoms with Gasteiger partial charge in [0.2, 0.25) is 0 Å². The second kappa shape index (κ2) is 4.11. The van der Waals surface area contributed by atoms with Crippen LogP contribution in [0.4, 0.5) is 8.78 Å². The Labute approximate surface area is 69.3 Å². The predicted octanol–water partition coefficient (Wildman–Crippen LogP) is 0.894. The minimum Gasteiger partial charge on any atom is -0.385 e. The van der Waals surface area contributed by atoms with E-state index in [1.54, 1.807) is 0 Å². The molecule has 0 aliphatic heterocycles. The van der Waals surface area contributed by atoms with E-state index in [4.69, 9.17) is 4.55 Å². The molecule has 0 radical (unpaired) electrons. The average molecular weight is 204 g/mol. The molecule has 0 unspecified atom stereocenters. The first-order valence-electron chi connectivity index (χ1n) is 3.15. The molecule has 74 valence electrons. The molecule has 0 aromatic carbocycles.